The van der Waals surface area contributed by atoms with Gasteiger partial charge in [0.05, 0.1) is 11.1 Å². The number of nitrogens with one attached hydrogen (secondary N) is 1. The van der Waals surface area contributed by atoms with Crippen LogP contribution in [0.2, 0.25) is 0 Å². The summed E-state index contributed by atoms with van der Waals surface area (Å²) >= 11 is 1.57. The lowest BCUT2D eigenvalue weighted by atomic mass is 9.97. The van der Waals surface area contributed by atoms with Crippen molar-refractivity contribution >= 4 is 32.5 Å². The SMILES string of the molecule is CCN(CC)Cc1cn(C)c2ccc(-n3c(=O)[nH]c4sc5c(c4c3=O)CCCC5)cc12. The second kappa shape index (κ2) is 7.80. The number of aromatic nitrogens is 3. The second-order valence-electron chi connectivity index (χ2n) is 8.41. The Balaban J connectivity index is 1.70. The molecule has 0 spiro atoms. The number of hydrogen-bond acceptors (Lipinski definition) is 4. The molecule has 1 N–H and O–H groups in total. The molecule has 0 aliphatic heterocycles. The molecule has 31 heavy (non-hydrogen) atoms. The van der Waals surface area contributed by atoms with Crippen LogP contribution in [-0.4, -0.2) is 32.1 Å². The summed E-state index contributed by atoms with van der Waals surface area (Å²) < 4.78 is 3.43. The summed E-state index contributed by atoms with van der Waals surface area (Å²) in [5.74, 6) is 0. The fraction of sp³-hybridized carbons (Fsp3) is 0.417. The van der Waals surface area contributed by atoms with Crippen molar-refractivity contribution in [3.63, 3.8) is 0 Å². The van der Waals surface area contributed by atoms with Crippen molar-refractivity contribution in [2.75, 3.05) is 13.1 Å². The highest BCUT2D eigenvalue weighted by Gasteiger charge is 2.21. The number of thiophene rings is 1. The van der Waals surface area contributed by atoms with E-state index in [2.05, 4.69) is 34.5 Å². The van der Waals surface area contributed by atoms with Crippen molar-refractivity contribution in [3.8, 4) is 5.69 Å². The van der Waals surface area contributed by atoms with Gasteiger partial charge in [-0.05, 0) is 68.1 Å². The van der Waals surface area contributed by atoms with Gasteiger partial charge in [0.2, 0.25) is 0 Å². The maximum Gasteiger partial charge on any atom is 0.334 e. The van der Waals surface area contributed by atoms with E-state index in [-0.39, 0.29) is 11.2 Å². The average Bonchev–Trinajstić information content (AvgIpc) is 3.29. The number of benzene rings is 1. The van der Waals surface area contributed by atoms with Crippen LogP contribution >= 0.6 is 11.3 Å². The molecule has 3 aromatic heterocycles. The standard InChI is InChI=1S/C24H28N4O2S/c1-4-27(5-2)14-15-13-26(3)19-11-10-16(12-18(15)19)28-23(29)21-17-8-6-7-9-20(17)31-22(21)25-24(28)30/h10-13H,4-9,14H2,1-3H3,(H,25,30). The van der Waals surface area contributed by atoms with E-state index in [4.69, 9.17) is 0 Å². The summed E-state index contributed by atoms with van der Waals surface area (Å²) in [6.07, 6.45) is 6.32. The zero-order chi connectivity index (χ0) is 21.7. The molecule has 5 rings (SSSR count). The molecule has 0 fully saturated rings. The lowest BCUT2D eigenvalue weighted by Gasteiger charge is -2.17. The predicted molar refractivity (Wildman–Crippen MR) is 128 cm³/mol. The Morgan fingerprint density at radius 1 is 1.13 bits per heavy atom. The van der Waals surface area contributed by atoms with Gasteiger partial charge in [-0.3, -0.25) is 14.7 Å². The van der Waals surface area contributed by atoms with Crippen LogP contribution in [0.3, 0.4) is 0 Å². The van der Waals surface area contributed by atoms with Crippen molar-refractivity contribution in [2.45, 2.75) is 46.1 Å². The lowest BCUT2D eigenvalue weighted by Crippen LogP contribution is -2.33. The molecule has 1 aromatic carbocycles. The third-order valence-electron chi connectivity index (χ3n) is 6.61. The second-order valence-corrected chi connectivity index (χ2v) is 9.52. The van der Waals surface area contributed by atoms with E-state index in [9.17, 15) is 9.59 Å². The first-order chi connectivity index (χ1) is 15.0. The number of H-pyrrole nitrogens is 1. The Labute approximate surface area is 184 Å². The molecule has 0 saturated heterocycles. The summed E-state index contributed by atoms with van der Waals surface area (Å²) in [5.41, 5.74) is 3.52. The van der Waals surface area contributed by atoms with Gasteiger partial charge >= 0.3 is 5.69 Å². The molecule has 0 atom stereocenters. The molecule has 0 unspecified atom stereocenters. The summed E-state index contributed by atoms with van der Waals surface area (Å²) in [5, 5.41) is 1.79. The molecule has 6 nitrogen and oxygen atoms in total. The van der Waals surface area contributed by atoms with Crippen molar-refractivity contribution in [1.82, 2.24) is 19.0 Å². The van der Waals surface area contributed by atoms with Gasteiger partial charge in [-0.25, -0.2) is 9.36 Å². The Bertz CT molecular complexity index is 1400. The first kappa shape index (κ1) is 20.3. The smallest absolute Gasteiger partial charge is 0.334 e. The summed E-state index contributed by atoms with van der Waals surface area (Å²) in [7, 11) is 2.04. The van der Waals surface area contributed by atoms with Gasteiger partial charge < -0.3 is 4.57 Å². The van der Waals surface area contributed by atoms with E-state index in [1.807, 2.05) is 25.2 Å². The zero-order valence-electron chi connectivity index (χ0n) is 18.3. The quantitative estimate of drug-likeness (QED) is 0.515. The van der Waals surface area contributed by atoms with Crippen molar-refractivity contribution in [1.29, 1.82) is 0 Å². The highest BCUT2D eigenvalue weighted by atomic mass is 32.1. The molecule has 0 saturated carbocycles. The van der Waals surface area contributed by atoms with Crippen LogP contribution in [0.15, 0.2) is 34.0 Å². The van der Waals surface area contributed by atoms with E-state index in [0.717, 1.165) is 66.6 Å². The van der Waals surface area contributed by atoms with Crippen molar-refractivity contribution in [2.24, 2.45) is 7.05 Å². The van der Waals surface area contributed by atoms with Crippen LogP contribution in [0.5, 0.6) is 0 Å². The third-order valence-corrected chi connectivity index (χ3v) is 7.82. The van der Waals surface area contributed by atoms with Crippen LogP contribution < -0.4 is 11.2 Å². The minimum absolute atomic E-state index is 0.196. The van der Waals surface area contributed by atoms with Gasteiger partial charge in [0.25, 0.3) is 5.56 Å². The molecule has 1 aliphatic rings. The van der Waals surface area contributed by atoms with Gasteiger partial charge in [0.15, 0.2) is 0 Å². The molecule has 7 heteroatoms. The van der Waals surface area contributed by atoms with E-state index in [1.165, 1.54) is 15.0 Å². The molecular formula is C24H28N4O2S. The molecule has 3 heterocycles. The maximum atomic E-state index is 13.5. The van der Waals surface area contributed by atoms with Gasteiger partial charge in [-0.1, -0.05) is 13.8 Å². The highest BCUT2D eigenvalue weighted by molar-refractivity contribution is 7.18. The first-order valence-corrected chi connectivity index (χ1v) is 11.9. The highest BCUT2D eigenvalue weighted by Crippen LogP contribution is 2.33. The number of nitrogens with zero attached hydrogens (tertiary/aromatic N) is 3. The zero-order valence-corrected chi connectivity index (χ0v) is 19.1. The maximum absolute atomic E-state index is 13.5. The number of aromatic amines is 1. The van der Waals surface area contributed by atoms with Crippen molar-refractivity contribution in [3.05, 3.63) is 61.2 Å². The minimum Gasteiger partial charge on any atom is -0.350 e. The lowest BCUT2D eigenvalue weighted by molar-refractivity contribution is 0.297. The average molecular weight is 437 g/mol. The summed E-state index contributed by atoms with van der Waals surface area (Å²) in [4.78, 5) is 33.8. The van der Waals surface area contributed by atoms with Gasteiger partial charge in [0.1, 0.15) is 4.83 Å². The van der Waals surface area contributed by atoms with E-state index < -0.39 is 0 Å². The molecule has 1 aliphatic carbocycles. The number of hydrogen-bond donors (Lipinski definition) is 1. The molecule has 0 radical (unpaired) electrons. The van der Waals surface area contributed by atoms with Gasteiger partial charge in [-0.2, -0.15) is 0 Å². The van der Waals surface area contributed by atoms with Crippen LogP contribution in [0.4, 0.5) is 0 Å². The number of rotatable bonds is 5. The molecular weight excluding hydrogens is 408 g/mol. The third kappa shape index (κ3) is 3.27. The van der Waals surface area contributed by atoms with Crippen LogP contribution in [0.25, 0.3) is 26.8 Å². The minimum atomic E-state index is -0.364. The summed E-state index contributed by atoms with van der Waals surface area (Å²) in [6, 6.07) is 5.88. The Morgan fingerprint density at radius 2 is 1.90 bits per heavy atom. The fourth-order valence-electron chi connectivity index (χ4n) is 4.89. The Kier molecular flexibility index (Phi) is 5.10. The Morgan fingerprint density at radius 3 is 2.68 bits per heavy atom. The van der Waals surface area contributed by atoms with Crippen LogP contribution in [0, 0.1) is 0 Å². The van der Waals surface area contributed by atoms with E-state index in [0.29, 0.717) is 11.1 Å². The van der Waals surface area contributed by atoms with Crippen molar-refractivity contribution < 1.29 is 0 Å². The van der Waals surface area contributed by atoms with Gasteiger partial charge in [0, 0.05) is 35.6 Å². The topological polar surface area (TPSA) is 63.0 Å². The number of fused-ring (bicyclic) bond motifs is 4. The summed E-state index contributed by atoms with van der Waals surface area (Å²) in [6.45, 7) is 7.12. The van der Waals surface area contributed by atoms with E-state index >= 15 is 0 Å². The largest absolute Gasteiger partial charge is 0.350 e. The monoisotopic (exact) mass is 436 g/mol. The molecule has 162 valence electrons. The van der Waals surface area contributed by atoms with Crippen LogP contribution in [-0.2, 0) is 26.4 Å². The Hall–Kier alpha value is -2.64. The first-order valence-electron chi connectivity index (χ1n) is 11.1. The fourth-order valence-corrected chi connectivity index (χ4v) is 6.16. The normalized spacial score (nSPS) is 14.1. The van der Waals surface area contributed by atoms with Gasteiger partial charge in [-0.15, -0.1) is 11.3 Å². The molecule has 0 bridgehead atoms. The molecule has 4 aromatic rings. The molecule has 0 amide bonds. The van der Waals surface area contributed by atoms with E-state index in [1.54, 1.807) is 11.3 Å². The predicted octanol–water partition coefficient (Wildman–Crippen LogP) is 3.95. The number of aryl methyl sites for hydroxylation is 3. The van der Waals surface area contributed by atoms with Crippen LogP contribution in [0.1, 0.15) is 42.7 Å².